The van der Waals surface area contributed by atoms with Crippen LogP contribution in [0.5, 0.6) is 0 Å². The Hall–Kier alpha value is -0.0400. The second-order valence-electron chi connectivity index (χ2n) is 5.65. The average Bonchev–Trinajstić information content (AvgIpc) is 2.71. The first-order valence-corrected chi connectivity index (χ1v) is 7.08. The molecule has 0 spiro atoms. The maximum Gasteiger partial charge on any atom is 0.0124 e. The predicted molar refractivity (Wildman–Crippen MR) is 66.1 cm³/mol. The van der Waals surface area contributed by atoms with E-state index in [4.69, 9.17) is 0 Å². The van der Waals surface area contributed by atoms with Crippen LogP contribution in [0.3, 0.4) is 0 Å². The van der Waals surface area contributed by atoms with Crippen LogP contribution >= 0.6 is 0 Å². The fourth-order valence-corrected chi connectivity index (χ4v) is 3.63. The van der Waals surface area contributed by atoms with E-state index in [1.54, 1.807) is 0 Å². The Kier molecular flexibility index (Phi) is 4.07. The number of rotatable bonds is 4. The van der Waals surface area contributed by atoms with E-state index in [0.29, 0.717) is 0 Å². The van der Waals surface area contributed by atoms with Crippen LogP contribution in [0, 0.1) is 5.92 Å². The zero-order valence-corrected chi connectivity index (χ0v) is 10.5. The molecule has 2 fully saturated rings. The molecule has 0 aromatic heterocycles. The summed E-state index contributed by atoms with van der Waals surface area (Å²) < 4.78 is 0. The highest BCUT2D eigenvalue weighted by Gasteiger charge is 2.37. The standard InChI is InChI=1S/C14H27N/c1-3-4-5-7-13-10-9-12(2)14-8-6-11-15(13)14/h12-14H,3-11H2,1-2H3/t12-,13+,14-/m1/s1. The van der Waals surface area contributed by atoms with Crippen LogP contribution in [-0.4, -0.2) is 23.5 Å². The van der Waals surface area contributed by atoms with Gasteiger partial charge in [-0.3, -0.25) is 4.90 Å². The molecule has 88 valence electrons. The minimum atomic E-state index is 0.945. The van der Waals surface area contributed by atoms with Gasteiger partial charge in [-0.15, -0.1) is 0 Å². The highest BCUT2D eigenvalue weighted by molar-refractivity contribution is 4.92. The fourth-order valence-electron chi connectivity index (χ4n) is 3.63. The van der Waals surface area contributed by atoms with Crippen molar-refractivity contribution >= 4 is 0 Å². The third kappa shape index (κ3) is 2.55. The number of unbranched alkanes of at least 4 members (excludes halogenated alkanes) is 2. The summed E-state index contributed by atoms with van der Waals surface area (Å²) in [6.45, 7) is 6.17. The minimum Gasteiger partial charge on any atom is -0.297 e. The Morgan fingerprint density at radius 3 is 2.80 bits per heavy atom. The highest BCUT2D eigenvalue weighted by Crippen LogP contribution is 2.36. The van der Waals surface area contributed by atoms with Gasteiger partial charge in [0, 0.05) is 12.1 Å². The molecule has 1 heteroatoms. The van der Waals surface area contributed by atoms with Crippen LogP contribution in [-0.2, 0) is 0 Å². The number of hydrogen-bond donors (Lipinski definition) is 0. The lowest BCUT2D eigenvalue weighted by Crippen LogP contribution is -2.46. The van der Waals surface area contributed by atoms with Crippen molar-refractivity contribution in [3.05, 3.63) is 0 Å². The Labute approximate surface area is 95.2 Å². The van der Waals surface area contributed by atoms with Crippen molar-refractivity contribution in [2.24, 2.45) is 5.92 Å². The molecule has 2 aliphatic heterocycles. The van der Waals surface area contributed by atoms with E-state index in [0.717, 1.165) is 18.0 Å². The quantitative estimate of drug-likeness (QED) is 0.636. The lowest BCUT2D eigenvalue weighted by molar-refractivity contribution is 0.0751. The number of nitrogens with zero attached hydrogens (tertiary/aromatic N) is 1. The van der Waals surface area contributed by atoms with Crippen molar-refractivity contribution < 1.29 is 0 Å². The smallest absolute Gasteiger partial charge is 0.0124 e. The zero-order valence-electron chi connectivity index (χ0n) is 10.5. The fraction of sp³-hybridized carbons (Fsp3) is 1.00. The summed E-state index contributed by atoms with van der Waals surface area (Å²) in [6, 6.07) is 1.89. The van der Waals surface area contributed by atoms with Gasteiger partial charge < -0.3 is 0 Å². The van der Waals surface area contributed by atoms with Crippen molar-refractivity contribution in [1.29, 1.82) is 0 Å². The summed E-state index contributed by atoms with van der Waals surface area (Å²) in [7, 11) is 0. The molecule has 2 aliphatic rings. The molecule has 2 saturated heterocycles. The van der Waals surface area contributed by atoms with E-state index < -0.39 is 0 Å². The maximum absolute atomic E-state index is 2.85. The lowest BCUT2D eigenvalue weighted by atomic mass is 9.85. The Balaban J connectivity index is 1.84. The second-order valence-corrected chi connectivity index (χ2v) is 5.65. The second kappa shape index (κ2) is 5.34. The summed E-state index contributed by atoms with van der Waals surface area (Å²) in [5.74, 6) is 0.968. The first-order chi connectivity index (χ1) is 7.33. The van der Waals surface area contributed by atoms with Gasteiger partial charge in [-0.1, -0.05) is 33.1 Å². The average molecular weight is 209 g/mol. The van der Waals surface area contributed by atoms with E-state index in [2.05, 4.69) is 18.7 Å². The monoisotopic (exact) mass is 209 g/mol. The van der Waals surface area contributed by atoms with Crippen molar-refractivity contribution in [2.75, 3.05) is 6.54 Å². The summed E-state index contributed by atoms with van der Waals surface area (Å²) in [6.07, 6.45) is 11.6. The summed E-state index contributed by atoms with van der Waals surface area (Å²) >= 11 is 0. The molecule has 0 saturated carbocycles. The molecule has 0 aromatic carbocycles. The van der Waals surface area contributed by atoms with Gasteiger partial charge in [-0.2, -0.15) is 0 Å². The van der Waals surface area contributed by atoms with Gasteiger partial charge in [0.15, 0.2) is 0 Å². The molecule has 15 heavy (non-hydrogen) atoms. The topological polar surface area (TPSA) is 3.24 Å². The molecule has 3 atom stereocenters. The number of fused-ring (bicyclic) bond motifs is 1. The lowest BCUT2D eigenvalue weighted by Gasteiger charge is -2.41. The Morgan fingerprint density at radius 2 is 2.00 bits per heavy atom. The van der Waals surface area contributed by atoms with Gasteiger partial charge in [0.25, 0.3) is 0 Å². The molecule has 0 bridgehead atoms. The van der Waals surface area contributed by atoms with Crippen LogP contribution in [0.2, 0.25) is 0 Å². The number of hydrogen-bond acceptors (Lipinski definition) is 1. The van der Waals surface area contributed by atoms with Crippen molar-refractivity contribution in [3.63, 3.8) is 0 Å². The summed E-state index contributed by atoms with van der Waals surface area (Å²) in [4.78, 5) is 2.85. The van der Waals surface area contributed by atoms with Crippen LogP contribution in [0.25, 0.3) is 0 Å². The van der Waals surface area contributed by atoms with E-state index in [1.165, 1.54) is 57.9 Å². The maximum atomic E-state index is 2.85. The molecule has 0 aliphatic carbocycles. The third-order valence-corrected chi connectivity index (χ3v) is 4.56. The molecule has 1 nitrogen and oxygen atoms in total. The van der Waals surface area contributed by atoms with Crippen LogP contribution in [0.15, 0.2) is 0 Å². The summed E-state index contributed by atoms with van der Waals surface area (Å²) in [5, 5.41) is 0. The molecular weight excluding hydrogens is 182 g/mol. The van der Waals surface area contributed by atoms with Gasteiger partial charge in [0.2, 0.25) is 0 Å². The molecule has 0 aromatic rings. The van der Waals surface area contributed by atoms with E-state index in [-0.39, 0.29) is 0 Å². The largest absolute Gasteiger partial charge is 0.297 e. The van der Waals surface area contributed by atoms with Gasteiger partial charge >= 0.3 is 0 Å². The minimum absolute atomic E-state index is 0.945. The molecule has 0 unspecified atom stereocenters. The molecular formula is C14H27N. The van der Waals surface area contributed by atoms with Crippen LogP contribution in [0.1, 0.15) is 65.2 Å². The van der Waals surface area contributed by atoms with Crippen LogP contribution < -0.4 is 0 Å². The molecule has 0 radical (unpaired) electrons. The van der Waals surface area contributed by atoms with E-state index in [9.17, 15) is 0 Å². The zero-order chi connectivity index (χ0) is 10.7. The normalized spacial score (nSPS) is 36.8. The van der Waals surface area contributed by atoms with Crippen molar-refractivity contribution in [3.8, 4) is 0 Å². The number of piperidine rings is 1. The third-order valence-electron chi connectivity index (χ3n) is 4.56. The highest BCUT2D eigenvalue weighted by atomic mass is 15.2. The Bertz CT molecular complexity index is 190. The van der Waals surface area contributed by atoms with Gasteiger partial charge in [-0.05, 0) is 44.6 Å². The van der Waals surface area contributed by atoms with E-state index in [1.807, 2.05) is 0 Å². The van der Waals surface area contributed by atoms with Gasteiger partial charge in [0.1, 0.15) is 0 Å². The molecule has 2 rings (SSSR count). The molecule has 0 N–H and O–H groups in total. The van der Waals surface area contributed by atoms with Crippen molar-refractivity contribution in [2.45, 2.75) is 77.3 Å². The molecule has 2 heterocycles. The van der Waals surface area contributed by atoms with Crippen molar-refractivity contribution in [1.82, 2.24) is 4.90 Å². The SMILES string of the molecule is CCCCC[C@H]1CC[C@@H](C)[C@H]2CCCN12. The van der Waals surface area contributed by atoms with E-state index >= 15 is 0 Å². The van der Waals surface area contributed by atoms with Crippen LogP contribution in [0.4, 0.5) is 0 Å². The predicted octanol–water partition coefficient (Wildman–Crippen LogP) is 3.83. The van der Waals surface area contributed by atoms with Gasteiger partial charge in [0.05, 0.1) is 0 Å². The first kappa shape index (κ1) is 11.4. The first-order valence-electron chi connectivity index (χ1n) is 7.08. The Morgan fingerprint density at radius 1 is 1.13 bits per heavy atom. The van der Waals surface area contributed by atoms with Gasteiger partial charge in [-0.25, -0.2) is 0 Å². The summed E-state index contributed by atoms with van der Waals surface area (Å²) in [5.41, 5.74) is 0. The molecule has 0 amide bonds.